The number of hydrogen-bond acceptors (Lipinski definition) is 4. The predicted molar refractivity (Wildman–Crippen MR) is 62.9 cm³/mol. The lowest BCUT2D eigenvalue weighted by molar-refractivity contribution is 0.0807. The van der Waals surface area contributed by atoms with Gasteiger partial charge in [0.15, 0.2) is 5.96 Å². The van der Waals surface area contributed by atoms with Crippen LogP contribution in [0.4, 0.5) is 0 Å². The predicted octanol–water partition coefficient (Wildman–Crippen LogP) is 0.490. The molecule has 4 heteroatoms. The molecule has 0 radical (unpaired) electrons. The normalized spacial score (nSPS) is 26.4. The van der Waals surface area contributed by atoms with Crippen molar-refractivity contribution in [2.24, 2.45) is 10.7 Å². The van der Waals surface area contributed by atoms with Crippen LogP contribution in [0.3, 0.4) is 0 Å². The number of nitrogens with zero attached hydrogens (tertiary/aromatic N) is 3. The maximum Gasteiger partial charge on any atom is 0.192 e. The van der Waals surface area contributed by atoms with Crippen molar-refractivity contribution >= 4 is 5.96 Å². The first kappa shape index (κ1) is 10.7. The van der Waals surface area contributed by atoms with Gasteiger partial charge in [-0.1, -0.05) is 0 Å². The zero-order chi connectivity index (χ0) is 11.1. The van der Waals surface area contributed by atoms with Crippen molar-refractivity contribution in [3.8, 4) is 0 Å². The van der Waals surface area contributed by atoms with E-state index in [1.165, 1.54) is 12.8 Å². The van der Waals surface area contributed by atoms with Crippen molar-refractivity contribution in [3.05, 3.63) is 0 Å². The average molecular weight is 210 g/mol. The SMILES string of the molecule is CC(C)N1C(N)=NCC12CCN(C)CC2. The minimum absolute atomic E-state index is 0.227. The molecule has 0 saturated carbocycles. The van der Waals surface area contributed by atoms with Gasteiger partial charge in [0.25, 0.3) is 0 Å². The molecule has 0 bridgehead atoms. The molecule has 0 aromatic heterocycles. The second-order valence-corrected chi connectivity index (χ2v) is 5.17. The van der Waals surface area contributed by atoms with Crippen molar-refractivity contribution in [1.29, 1.82) is 0 Å². The fourth-order valence-corrected chi connectivity index (χ4v) is 2.87. The van der Waals surface area contributed by atoms with Crippen molar-refractivity contribution in [2.45, 2.75) is 38.3 Å². The molecule has 2 aliphatic rings. The molecule has 15 heavy (non-hydrogen) atoms. The zero-order valence-corrected chi connectivity index (χ0v) is 10.0. The van der Waals surface area contributed by atoms with Gasteiger partial charge in [0.2, 0.25) is 0 Å². The van der Waals surface area contributed by atoms with Gasteiger partial charge in [-0.25, -0.2) is 0 Å². The van der Waals surface area contributed by atoms with E-state index in [0.29, 0.717) is 6.04 Å². The average Bonchev–Trinajstić information content (AvgIpc) is 2.49. The van der Waals surface area contributed by atoms with E-state index >= 15 is 0 Å². The van der Waals surface area contributed by atoms with Crippen molar-refractivity contribution in [2.75, 3.05) is 26.7 Å². The van der Waals surface area contributed by atoms with Crippen molar-refractivity contribution in [3.63, 3.8) is 0 Å². The smallest absolute Gasteiger partial charge is 0.192 e. The molecule has 1 fully saturated rings. The van der Waals surface area contributed by atoms with Crippen LogP contribution in [0.5, 0.6) is 0 Å². The van der Waals surface area contributed by atoms with Crippen LogP contribution in [-0.2, 0) is 0 Å². The molecule has 2 N–H and O–H groups in total. The number of hydrogen-bond donors (Lipinski definition) is 1. The Morgan fingerprint density at radius 1 is 1.33 bits per heavy atom. The lowest BCUT2D eigenvalue weighted by Crippen LogP contribution is -2.58. The number of piperidine rings is 1. The highest BCUT2D eigenvalue weighted by Gasteiger charge is 2.44. The molecule has 0 atom stereocenters. The van der Waals surface area contributed by atoms with Crippen LogP contribution in [0, 0.1) is 0 Å². The van der Waals surface area contributed by atoms with Gasteiger partial charge in [-0.15, -0.1) is 0 Å². The van der Waals surface area contributed by atoms with E-state index in [0.717, 1.165) is 25.6 Å². The number of likely N-dealkylation sites (tertiary alicyclic amines) is 1. The zero-order valence-electron chi connectivity index (χ0n) is 10.0. The van der Waals surface area contributed by atoms with Gasteiger partial charge < -0.3 is 15.5 Å². The van der Waals surface area contributed by atoms with Crippen LogP contribution in [0.15, 0.2) is 4.99 Å². The first-order valence-electron chi connectivity index (χ1n) is 5.83. The highest BCUT2D eigenvalue weighted by molar-refractivity contribution is 5.81. The maximum absolute atomic E-state index is 5.98. The highest BCUT2D eigenvalue weighted by atomic mass is 15.4. The van der Waals surface area contributed by atoms with Crippen LogP contribution >= 0.6 is 0 Å². The Morgan fingerprint density at radius 2 is 1.93 bits per heavy atom. The summed E-state index contributed by atoms with van der Waals surface area (Å²) >= 11 is 0. The second-order valence-electron chi connectivity index (χ2n) is 5.17. The van der Waals surface area contributed by atoms with Crippen LogP contribution < -0.4 is 5.73 Å². The molecule has 1 saturated heterocycles. The summed E-state index contributed by atoms with van der Waals surface area (Å²) < 4.78 is 0. The molecule has 2 rings (SSSR count). The Balaban J connectivity index is 2.15. The molecular weight excluding hydrogens is 188 g/mol. The number of aliphatic imine (C=N–C) groups is 1. The molecule has 2 aliphatic heterocycles. The molecular formula is C11H22N4. The standard InChI is InChI=1S/C11H22N4/c1-9(2)15-10(12)13-8-11(15)4-6-14(3)7-5-11/h9H,4-8H2,1-3H3,(H2,12,13). The summed E-state index contributed by atoms with van der Waals surface area (Å²) in [5.74, 6) is 0.745. The van der Waals surface area contributed by atoms with Gasteiger partial charge in [-0.2, -0.15) is 0 Å². The Labute approximate surface area is 92.1 Å². The highest BCUT2D eigenvalue weighted by Crippen LogP contribution is 2.33. The molecule has 4 nitrogen and oxygen atoms in total. The topological polar surface area (TPSA) is 44.9 Å². The maximum atomic E-state index is 5.98. The number of rotatable bonds is 1. The van der Waals surface area contributed by atoms with E-state index < -0.39 is 0 Å². The largest absolute Gasteiger partial charge is 0.370 e. The van der Waals surface area contributed by atoms with E-state index in [1.807, 2.05) is 0 Å². The summed E-state index contributed by atoms with van der Waals surface area (Å²) in [4.78, 5) is 9.16. The van der Waals surface area contributed by atoms with Gasteiger partial charge in [0, 0.05) is 19.1 Å². The molecule has 2 heterocycles. The van der Waals surface area contributed by atoms with E-state index in [-0.39, 0.29) is 5.54 Å². The summed E-state index contributed by atoms with van der Waals surface area (Å²) in [6.45, 7) is 7.62. The van der Waals surface area contributed by atoms with Crippen molar-refractivity contribution < 1.29 is 0 Å². The Kier molecular flexibility index (Phi) is 2.63. The van der Waals surface area contributed by atoms with Crippen LogP contribution in [0.25, 0.3) is 0 Å². The van der Waals surface area contributed by atoms with Gasteiger partial charge >= 0.3 is 0 Å². The van der Waals surface area contributed by atoms with Crippen LogP contribution in [-0.4, -0.2) is 54.0 Å². The van der Waals surface area contributed by atoms with Gasteiger partial charge in [0.1, 0.15) is 0 Å². The molecule has 0 amide bonds. The van der Waals surface area contributed by atoms with E-state index in [9.17, 15) is 0 Å². The van der Waals surface area contributed by atoms with Gasteiger partial charge in [-0.3, -0.25) is 4.99 Å². The molecule has 86 valence electrons. The van der Waals surface area contributed by atoms with E-state index in [1.54, 1.807) is 0 Å². The summed E-state index contributed by atoms with van der Waals surface area (Å²) in [6, 6.07) is 0.458. The lowest BCUT2D eigenvalue weighted by atomic mass is 9.86. The van der Waals surface area contributed by atoms with Crippen LogP contribution in [0.2, 0.25) is 0 Å². The summed E-state index contributed by atoms with van der Waals surface area (Å²) in [5, 5.41) is 0. The summed E-state index contributed by atoms with van der Waals surface area (Å²) in [7, 11) is 2.19. The first-order chi connectivity index (χ1) is 7.05. The molecule has 0 unspecified atom stereocenters. The number of nitrogens with two attached hydrogens (primary N) is 1. The third kappa shape index (κ3) is 1.71. The van der Waals surface area contributed by atoms with Crippen LogP contribution in [0.1, 0.15) is 26.7 Å². The Morgan fingerprint density at radius 3 is 2.47 bits per heavy atom. The summed E-state index contributed by atoms with van der Waals surface area (Å²) in [5.41, 5.74) is 6.21. The summed E-state index contributed by atoms with van der Waals surface area (Å²) in [6.07, 6.45) is 2.37. The quantitative estimate of drug-likeness (QED) is 0.685. The minimum Gasteiger partial charge on any atom is -0.370 e. The van der Waals surface area contributed by atoms with E-state index in [2.05, 4.69) is 35.7 Å². The third-order valence-corrected chi connectivity index (χ3v) is 3.73. The second kappa shape index (κ2) is 3.67. The fraction of sp³-hybridized carbons (Fsp3) is 0.909. The van der Waals surface area contributed by atoms with Crippen molar-refractivity contribution in [1.82, 2.24) is 9.80 Å². The monoisotopic (exact) mass is 210 g/mol. The van der Waals surface area contributed by atoms with E-state index in [4.69, 9.17) is 5.73 Å². The lowest BCUT2D eigenvalue weighted by Gasteiger charge is -2.46. The minimum atomic E-state index is 0.227. The Bertz CT molecular complexity index is 264. The number of guanidine groups is 1. The van der Waals surface area contributed by atoms with Gasteiger partial charge in [0.05, 0.1) is 12.1 Å². The fourth-order valence-electron chi connectivity index (χ4n) is 2.87. The molecule has 0 aromatic rings. The Hall–Kier alpha value is -0.770. The molecule has 0 aliphatic carbocycles. The van der Waals surface area contributed by atoms with Gasteiger partial charge in [-0.05, 0) is 33.7 Å². The first-order valence-corrected chi connectivity index (χ1v) is 5.83. The third-order valence-electron chi connectivity index (χ3n) is 3.73. The molecule has 0 aromatic carbocycles. The molecule has 1 spiro atoms.